The molecule has 0 aromatic rings. The molecule has 32 nitrogen and oxygen atoms in total. The third kappa shape index (κ3) is 17.8. The first-order chi connectivity index (χ1) is 37.0. The number of nitrogens with zero attached hydrogens (tertiary/aromatic N) is 1. The van der Waals surface area contributed by atoms with Gasteiger partial charge in [0.15, 0.2) is 30.4 Å². The summed E-state index contributed by atoms with van der Waals surface area (Å²) >= 11 is 0. The Balaban J connectivity index is 0.00000861. The number of terminal acetylenes is 1. The minimum absolute atomic E-state index is 0. The minimum atomic E-state index is -2.33. The maximum absolute atomic E-state index is 12.6. The second kappa shape index (κ2) is 31.9. The molecule has 27 atom stereocenters. The van der Waals surface area contributed by atoms with Gasteiger partial charge in [0.1, 0.15) is 110 Å². The molecule has 5 rings (SSSR count). The van der Waals surface area contributed by atoms with E-state index in [4.69, 9.17) is 49.1 Å². The fourth-order valence-electron chi connectivity index (χ4n) is 10.3. The minimum Gasteiger partial charge on any atom is -0.394 e. The first-order valence-electron chi connectivity index (χ1n) is 25.4. The number of carbonyl (C=O) groups excluding carboxylic acids is 4. The molecule has 34 heteroatoms. The number of carbonyl (C=O) groups is 4. The quantitative estimate of drug-likeness (QED) is 0.0353. The Bertz CT molecular complexity index is 2080. The number of hydrogen-bond donors (Lipinski definition) is 18. The zero-order chi connectivity index (χ0) is 59.2. The van der Waals surface area contributed by atoms with Crippen LogP contribution in [-0.4, -0.2) is 309 Å². The Kier molecular flexibility index (Phi) is 29.1. The zero-order valence-corrected chi connectivity index (χ0v) is 50.1. The molecule has 0 bridgehead atoms. The molecule has 0 aromatic carbocycles. The summed E-state index contributed by atoms with van der Waals surface area (Å²) in [4.78, 5) is 50.4. The van der Waals surface area contributed by atoms with Gasteiger partial charge in [-0.25, -0.2) is 0 Å². The Morgan fingerprint density at radius 3 is 1.57 bits per heavy atom. The van der Waals surface area contributed by atoms with E-state index in [9.17, 15) is 95.8 Å². The number of rotatable bonds is 22. The summed E-state index contributed by atoms with van der Waals surface area (Å²) in [6, 6.07) is -4.58. The van der Waals surface area contributed by atoms with Gasteiger partial charge in [-0.3, -0.25) is 19.2 Å². The number of aliphatic hydroxyl groups is 15. The van der Waals surface area contributed by atoms with Crippen molar-refractivity contribution >= 4 is 23.6 Å². The average molecular weight is 1190 g/mol. The standard InChI is InChI=1S/C47H78N4O28.2Na/c1-8-9-51(20(5)59)43-36(69)35(68)38(26(14-54)72-43)75-45-37(70)42(39(27(15-55)74-45)76-44-30(50-19(4)58)34(67)33(66)25(13-53)73-44)79-47(7)11-22(61)29(49-18(3)57)41(78-47)32(65)24(63)16-71-46(6)10-21(60)28(48-17(2)56)40(77-46)31(64)23(62)12-52;;/h1,21-45,52-55,60-70H,9-16H2,2-7H3,(H,48,56)(H,49,57)(H,50,58);;/q;2*+1/t21?,22?,23-,24-,25?,26?,27?,28?,29?,30?,31-,32-,33?,34?,35?,36?,37?,38?,39?,40?,41?,42?,43?,44?,45?,46?,47?;;/m1../s1. The second-order valence-corrected chi connectivity index (χ2v) is 20.6. The summed E-state index contributed by atoms with van der Waals surface area (Å²) in [6.07, 6.45) is -37.0. The molecule has 5 heterocycles. The van der Waals surface area contributed by atoms with Crippen molar-refractivity contribution in [1.29, 1.82) is 0 Å². The Morgan fingerprint density at radius 1 is 0.605 bits per heavy atom. The molecule has 0 spiro atoms. The maximum Gasteiger partial charge on any atom is 1.00 e. The van der Waals surface area contributed by atoms with Gasteiger partial charge in [-0.05, 0) is 13.8 Å². The first kappa shape index (κ1) is 73.7. The molecule has 4 amide bonds. The van der Waals surface area contributed by atoms with E-state index in [0.29, 0.717) is 0 Å². The van der Waals surface area contributed by atoms with Gasteiger partial charge in [-0.15, -0.1) is 6.42 Å². The largest absolute Gasteiger partial charge is 1.00 e. The van der Waals surface area contributed by atoms with Crippen LogP contribution in [0, 0.1) is 12.3 Å². The van der Waals surface area contributed by atoms with Crippen LogP contribution in [0.25, 0.3) is 0 Å². The molecule has 0 saturated carbocycles. The molecule has 454 valence electrons. The van der Waals surface area contributed by atoms with Crippen LogP contribution in [0.2, 0.25) is 0 Å². The van der Waals surface area contributed by atoms with E-state index >= 15 is 0 Å². The first-order valence-corrected chi connectivity index (χ1v) is 25.4. The van der Waals surface area contributed by atoms with Crippen molar-refractivity contribution in [3.8, 4) is 12.3 Å². The van der Waals surface area contributed by atoms with E-state index in [2.05, 4.69) is 21.9 Å². The number of amides is 4. The van der Waals surface area contributed by atoms with Crippen LogP contribution in [0.15, 0.2) is 0 Å². The molecular formula is C47H78N4Na2O28+2. The molecule has 81 heavy (non-hydrogen) atoms. The predicted octanol–water partition coefficient (Wildman–Crippen LogP) is -16.7. The molecule has 18 N–H and O–H groups in total. The summed E-state index contributed by atoms with van der Waals surface area (Å²) in [6.45, 7) is 1.49. The van der Waals surface area contributed by atoms with Gasteiger partial charge in [-0.2, -0.15) is 0 Å². The van der Waals surface area contributed by atoms with Crippen LogP contribution >= 0.6 is 0 Å². The van der Waals surface area contributed by atoms with Crippen molar-refractivity contribution in [2.24, 2.45) is 0 Å². The SMILES string of the molecule is C#CCN(C(C)=O)C1OC(CO)C(OC2OC(CO)C(OC3OC(CO)C(O)C(O)C3NC(C)=O)C(OC3(C)CC(O)C(NC(C)=O)C([C@H](O)[C@H](O)COC4(C)CC(O)C(NC(C)=O)C([C@H](O)[C@H](O)CO)O4)O3)C2O)C(O)C1O.[Na+].[Na+]. The van der Waals surface area contributed by atoms with Crippen molar-refractivity contribution in [1.82, 2.24) is 20.9 Å². The zero-order valence-electron chi connectivity index (χ0n) is 46.1. The number of nitrogens with one attached hydrogen (secondary N) is 3. The van der Waals surface area contributed by atoms with Crippen molar-refractivity contribution in [3.05, 3.63) is 0 Å². The van der Waals surface area contributed by atoms with Crippen molar-refractivity contribution in [2.45, 2.75) is 219 Å². The predicted molar refractivity (Wildman–Crippen MR) is 256 cm³/mol. The van der Waals surface area contributed by atoms with E-state index in [1.54, 1.807) is 0 Å². The van der Waals surface area contributed by atoms with Gasteiger partial charge in [0, 0.05) is 40.5 Å². The van der Waals surface area contributed by atoms with E-state index in [1.807, 2.05) is 0 Å². The van der Waals surface area contributed by atoms with Crippen molar-refractivity contribution in [3.63, 3.8) is 0 Å². The fourth-order valence-corrected chi connectivity index (χ4v) is 10.3. The van der Waals surface area contributed by atoms with Crippen LogP contribution in [0.4, 0.5) is 0 Å². The average Bonchev–Trinajstić information content (AvgIpc) is 3.38. The summed E-state index contributed by atoms with van der Waals surface area (Å²) in [5, 5.41) is 172. The van der Waals surface area contributed by atoms with Gasteiger partial charge in [0.05, 0.1) is 63.9 Å². The molecule has 0 radical (unpaired) electrons. The van der Waals surface area contributed by atoms with E-state index < -0.39 is 241 Å². The second-order valence-electron chi connectivity index (χ2n) is 20.6. The third-order valence-electron chi connectivity index (χ3n) is 14.2. The van der Waals surface area contributed by atoms with Crippen LogP contribution < -0.4 is 75.1 Å². The van der Waals surface area contributed by atoms with E-state index in [1.165, 1.54) is 6.92 Å². The molecule has 0 aromatic heterocycles. The molecule has 5 saturated heterocycles. The monoisotopic (exact) mass is 1190 g/mol. The normalized spacial score (nSPS) is 41.3. The summed E-state index contributed by atoms with van der Waals surface area (Å²) in [7, 11) is 0. The third-order valence-corrected chi connectivity index (χ3v) is 14.2. The topological polar surface area (TPSA) is 494 Å². The molecular weight excluding hydrogens is 1110 g/mol. The molecule has 5 aliphatic rings. The smallest absolute Gasteiger partial charge is 0.394 e. The molecule has 0 aliphatic carbocycles. The summed E-state index contributed by atoms with van der Waals surface area (Å²) in [5.74, 6) is -4.99. The molecule has 23 unspecified atom stereocenters. The number of hydrogen-bond acceptors (Lipinski definition) is 28. The summed E-state index contributed by atoms with van der Waals surface area (Å²) < 4.78 is 54.3. The van der Waals surface area contributed by atoms with Crippen LogP contribution in [-0.2, 0) is 61.8 Å². The van der Waals surface area contributed by atoms with Crippen molar-refractivity contribution in [2.75, 3.05) is 39.6 Å². The molecule has 5 aliphatic heterocycles. The van der Waals surface area contributed by atoms with E-state index in [-0.39, 0.29) is 59.1 Å². The van der Waals surface area contributed by atoms with Gasteiger partial charge >= 0.3 is 59.1 Å². The maximum atomic E-state index is 12.6. The van der Waals surface area contributed by atoms with Crippen molar-refractivity contribution < 1.29 is 198 Å². The van der Waals surface area contributed by atoms with Crippen LogP contribution in [0.3, 0.4) is 0 Å². The number of ether oxygens (including phenoxy) is 9. The molecule has 5 fully saturated rings. The van der Waals surface area contributed by atoms with Gasteiger partial charge in [0.25, 0.3) is 0 Å². The van der Waals surface area contributed by atoms with Crippen LogP contribution in [0.1, 0.15) is 54.4 Å². The fraction of sp³-hybridized carbons (Fsp3) is 0.872. The number of aliphatic hydroxyl groups excluding tert-OH is 15. The Hall–Kier alpha value is -1.52. The van der Waals surface area contributed by atoms with Gasteiger partial charge in [0.2, 0.25) is 23.6 Å². The Morgan fingerprint density at radius 2 is 1.07 bits per heavy atom. The van der Waals surface area contributed by atoms with Gasteiger partial charge in [-0.1, -0.05) is 5.92 Å². The van der Waals surface area contributed by atoms with E-state index in [0.717, 1.165) is 39.5 Å². The Labute approximate surface area is 509 Å². The summed E-state index contributed by atoms with van der Waals surface area (Å²) in [5.41, 5.74) is 0. The van der Waals surface area contributed by atoms with Gasteiger partial charge < -0.3 is 140 Å². The van der Waals surface area contributed by atoms with Crippen LogP contribution in [0.5, 0.6) is 0 Å².